The fourth-order valence-corrected chi connectivity index (χ4v) is 2.48. The van der Waals surface area contributed by atoms with Crippen molar-refractivity contribution >= 4 is 33.3 Å². The average molecular weight is 306 g/mol. The predicted octanol–water partition coefficient (Wildman–Crippen LogP) is 4.12. The normalized spacial score (nSPS) is 10.8. The van der Waals surface area contributed by atoms with Crippen molar-refractivity contribution in [3.8, 4) is 0 Å². The minimum Gasteiger partial charge on any atom is -0.352 e. The first kappa shape index (κ1) is 13.8. The molecule has 0 aliphatic carbocycles. The van der Waals surface area contributed by atoms with Gasteiger partial charge >= 0.3 is 0 Å². The second kappa shape index (κ2) is 7.13. The standard InChI is InChI=1S/C12H18BrClN2/c1-3-10(4-2)16(9-7-13)12-11(14)6-5-8-15-12/h5-6,8,10H,3-4,7,9H2,1-2H3. The molecule has 0 unspecified atom stereocenters. The molecule has 0 aromatic carbocycles. The van der Waals surface area contributed by atoms with E-state index < -0.39 is 0 Å². The molecule has 1 heterocycles. The number of anilines is 1. The zero-order chi connectivity index (χ0) is 12.0. The van der Waals surface area contributed by atoms with Crippen LogP contribution in [0.2, 0.25) is 5.02 Å². The summed E-state index contributed by atoms with van der Waals surface area (Å²) in [4.78, 5) is 6.68. The van der Waals surface area contributed by atoms with Crippen LogP contribution in [0.4, 0.5) is 5.82 Å². The molecule has 90 valence electrons. The van der Waals surface area contributed by atoms with Gasteiger partial charge in [0.2, 0.25) is 0 Å². The zero-order valence-electron chi connectivity index (χ0n) is 9.79. The first-order valence-corrected chi connectivity index (χ1v) is 7.17. The molecule has 0 radical (unpaired) electrons. The number of halogens is 2. The van der Waals surface area contributed by atoms with Crippen molar-refractivity contribution in [1.82, 2.24) is 4.98 Å². The van der Waals surface area contributed by atoms with Crippen molar-refractivity contribution in [3.63, 3.8) is 0 Å². The van der Waals surface area contributed by atoms with Gasteiger partial charge in [-0.05, 0) is 25.0 Å². The number of alkyl halides is 1. The first-order valence-electron chi connectivity index (χ1n) is 5.67. The van der Waals surface area contributed by atoms with Crippen LogP contribution in [0.5, 0.6) is 0 Å². The fourth-order valence-electron chi connectivity index (χ4n) is 1.87. The van der Waals surface area contributed by atoms with Crippen molar-refractivity contribution in [2.75, 3.05) is 16.8 Å². The van der Waals surface area contributed by atoms with Gasteiger partial charge in [-0.25, -0.2) is 4.98 Å². The van der Waals surface area contributed by atoms with E-state index in [2.05, 4.69) is 39.7 Å². The molecule has 1 rings (SSSR count). The third-order valence-corrected chi connectivity index (χ3v) is 3.37. The van der Waals surface area contributed by atoms with E-state index in [4.69, 9.17) is 11.6 Å². The summed E-state index contributed by atoms with van der Waals surface area (Å²) in [6.07, 6.45) is 4.01. The summed E-state index contributed by atoms with van der Waals surface area (Å²) in [5, 5.41) is 1.66. The van der Waals surface area contributed by atoms with Crippen molar-refractivity contribution < 1.29 is 0 Å². The fraction of sp³-hybridized carbons (Fsp3) is 0.583. The molecule has 0 aliphatic heterocycles. The van der Waals surface area contributed by atoms with Crippen LogP contribution in [0.1, 0.15) is 26.7 Å². The molecule has 0 bridgehead atoms. The smallest absolute Gasteiger partial charge is 0.147 e. The molecule has 0 spiro atoms. The van der Waals surface area contributed by atoms with Crippen LogP contribution in [0.15, 0.2) is 18.3 Å². The van der Waals surface area contributed by atoms with Gasteiger partial charge in [0.25, 0.3) is 0 Å². The maximum Gasteiger partial charge on any atom is 0.147 e. The average Bonchev–Trinajstić information content (AvgIpc) is 2.30. The highest BCUT2D eigenvalue weighted by Crippen LogP contribution is 2.26. The maximum atomic E-state index is 6.19. The molecule has 0 amide bonds. The molecule has 0 N–H and O–H groups in total. The Morgan fingerprint density at radius 1 is 1.44 bits per heavy atom. The molecule has 0 fully saturated rings. The molecular formula is C12H18BrClN2. The lowest BCUT2D eigenvalue weighted by Gasteiger charge is -2.31. The summed E-state index contributed by atoms with van der Waals surface area (Å²) in [5.41, 5.74) is 0. The Morgan fingerprint density at radius 2 is 2.12 bits per heavy atom. The molecular weight excluding hydrogens is 288 g/mol. The van der Waals surface area contributed by atoms with E-state index in [0.717, 1.165) is 35.6 Å². The molecule has 1 aromatic heterocycles. The van der Waals surface area contributed by atoms with E-state index in [1.54, 1.807) is 6.20 Å². The largest absolute Gasteiger partial charge is 0.352 e. The molecule has 0 saturated heterocycles. The molecule has 16 heavy (non-hydrogen) atoms. The van der Waals surface area contributed by atoms with Crippen molar-refractivity contribution in [2.45, 2.75) is 32.7 Å². The molecule has 2 nitrogen and oxygen atoms in total. The van der Waals surface area contributed by atoms with Crippen LogP contribution in [0.25, 0.3) is 0 Å². The lowest BCUT2D eigenvalue weighted by Crippen LogP contribution is -2.36. The van der Waals surface area contributed by atoms with Gasteiger partial charge < -0.3 is 4.90 Å². The van der Waals surface area contributed by atoms with Gasteiger partial charge in [-0.1, -0.05) is 41.4 Å². The minimum absolute atomic E-state index is 0.505. The van der Waals surface area contributed by atoms with E-state index in [9.17, 15) is 0 Å². The van der Waals surface area contributed by atoms with Crippen LogP contribution >= 0.6 is 27.5 Å². The molecule has 0 atom stereocenters. The van der Waals surface area contributed by atoms with E-state index in [1.807, 2.05) is 12.1 Å². The Kier molecular flexibility index (Phi) is 6.14. The number of pyridine rings is 1. The summed E-state index contributed by atoms with van der Waals surface area (Å²) in [5.74, 6) is 0.900. The van der Waals surface area contributed by atoms with Crippen molar-refractivity contribution in [1.29, 1.82) is 0 Å². The lowest BCUT2D eigenvalue weighted by molar-refractivity contribution is 0.564. The Bertz CT molecular complexity index is 316. The second-order valence-electron chi connectivity index (χ2n) is 3.66. The zero-order valence-corrected chi connectivity index (χ0v) is 12.1. The SMILES string of the molecule is CCC(CC)N(CCBr)c1ncccc1Cl. The van der Waals surface area contributed by atoms with Gasteiger partial charge in [0, 0.05) is 24.1 Å². The van der Waals surface area contributed by atoms with Crippen molar-refractivity contribution in [2.24, 2.45) is 0 Å². The van der Waals surface area contributed by atoms with Crippen LogP contribution < -0.4 is 4.90 Å². The molecule has 0 aliphatic rings. The Labute approximate surface area is 111 Å². The topological polar surface area (TPSA) is 16.1 Å². The summed E-state index contributed by atoms with van der Waals surface area (Å²) >= 11 is 9.68. The highest BCUT2D eigenvalue weighted by Gasteiger charge is 2.18. The van der Waals surface area contributed by atoms with Gasteiger partial charge in [0.1, 0.15) is 5.82 Å². The van der Waals surface area contributed by atoms with Crippen molar-refractivity contribution in [3.05, 3.63) is 23.4 Å². The highest BCUT2D eigenvalue weighted by molar-refractivity contribution is 9.09. The second-order valence-corrected chi connectivity index (χ2v) is 4.86. The number of nitrogens with zero attached hydrogens (tertiary/aromatic N) is 2. The minimum atomic E-state index is 0.505. The van der Waals surface area contributed by atoms with Gasteiger partial charge in [-0.3, -0.25) is 0 Å². The van der Waals surface area contributed by atoms with Crippen LogP contribution in [0.3, 0.4) is 0 Å². The Morgan fingerprint density at radius 3 is 2.62 bits per heavy atom. The van der Waals surface area contributed by atoms with Crippen LogP contribution in [-0.4, -0.2) is 22.9 Å². The van der Waals surface area contributed by atoms with Crippen LogP contribution in [0, 0.1) is 0 Å². The van der Waals surface area contributed by atoms with Gasteiger partial charge in [0.15, 0.2) is 0 Å². The van der Waals surface area contributed by atoms with E-state index in [-0.39, 0.29) is 0 Å². The molecule has 1 aromatic rings. The monoisotopic (exact) mass is 304 g/mol. The van der Waals surface area contributed by atoms with Crippen LogP contribution in [-0.2, 0) is 0 Å². The number of aromatic nitrogens is 1. The highest BCUT2D eigenvalue weighted by atomic mass is 79.9. The quantitative estimate of drug-likeness (QED) is 0.735. The molecule has 0 saturated carbocycles. The van der Waals surface area contributed by atoms with E-state index in [0.29, 0.717) is 6.04 Å². The maximum absolute atomic E-state index is 6.19. The van der Waals surface area contributed by atoms with Gasteiger partial charge in [-0.2, -0.15) is 0 Å². The third kappa shape index (κ3) is 3.36. The summed E-state index contributed by atoms with van der Waals surface area (Å²) in [6.45, 7) is 5.33. The van der Waals surface area contributed by atoms with E-state index in [1.165, 1.54) is 0 Å². The molecule has 4 heteroatoms. The number of rotatable bonds is 6. The third-order valence-electron chi connectivity index (χ3n) is 2.72. The van der Waals surface area contributed by atoms with E-state index >= 15 is 0 Å². The first-order chi connectivity index (χ1) is 7.74. The lowest BCUT2D eigenvalue weighted by atomic mass is 10.1. The summed E-state index contributed by atoms with van der Waals surface area (Å²) in [7, 11) is 0. The predicted molar refractivity (Wildman–Crippen MR) is 74.8 cm³/mol. The van der Waals surface area contributed by atoms with Gasteiger partial charge in [0.05, 0.1) is 5.02 Å². The Balaban J connectivity index is 2.97. The number of hydrogen-bond acceptors (Lipinski definition) is 2. The van der Waals surface area contributed by atoms with Gasteiger partial charge in [-0.15, -0.1) is 0 Å². The summed E-state index contributed by atoms with van der Waals surface area (Å²) in [6, 6.07) is 4.27. The summed E-state index contributed by atoms with van der Waals surface area (Å²) < 4.78 is 0. The number of hydrogen-bond donors (Lipinski definition) is 0. The Hall–Kier alpha value is -0.280.